The Kier molecular flexibility index (Phi) is 4.12. The van der Waals surface area contributed by atoms with Gasteiger partial charge in [0, 0.05) is 36.6 Å². The van der Waals surface area contributed by atoms with Crippen molar-refractivity contribution in [1.29, 1.82) is 0 Å². The average Bonchev–Trinajstić information content (AvgIpc) is 2.37. The Morgan fingerprint density at radius 2 is 2.00 bits per heavy atom. The molecule has 1 aliphatic rings. The van der Waals surface area contributed by atoms with Gasteiger partial charge in [-0.1, -0.05) is 0 Å². The maximum atomic E-state index is 11.6. The quantitative estimate of drug-likeness (QED) is 0.647. The van der Waals surface area contributed by atoms with Crippen molar-refractivity contribution >= 4 is 26.9 Å². The molecule has 1 aliphatic heterocycles. The first-order chi connectivity index (χ1) is 9.39. The van der Waals surface area contributed by atoms with Gasteiger partial charge in [-0.3, -0.25) is 10.1 Å². The van der Waals surface area contributed by atoms with Crippen LogP contribution in [0.25, 0.3) is 0 Å². The van der Waals surface area contributed by atoms with Gasteiger partial charge in [-0.25, -0.2) is 8.42 Å². The molecule has 1 saturated heterocycles. The molecule has 1 fully saturated rings. The van der Waals surface area contributed by atoms with Crippen LogP contribution in [0.3, 0.4) is 0 Å². The summed E-state index contributed by atoms with van der Waals surface area (Å²) in [5.41, 5.74) is 1.14. The molecule has 20 heavy (non-hydrogen) atoms. The molecule has 1 atom stereocenters. The van der Waals surface area contributed by atoms with E-state index in [1.807, 2.05) is 0 Å². The van der Waals surface area contributed by atoms with Gasteiger partial charge in [-0.15, -0.1) is 0 Å². The number of anilines is 2. The molecule has 0 bridgehead atoms. The Balaban J connectivity index is 2.20. The first-order valence-corrected chi connectivity index (χ1v) is 8.16. The van der Waals surface area contributed by atoms with Gasteiger partial charge in [0.25, 0.3) is 5.69 Å². The lowest BCUT2D eigenvalue weighted by atomic mass is 10.1. The summed E-state index contributed by atoms with van der Waals surface area (Å²) in [4.78, 5) is 10.4. The van der Waals surface area contributed by atoms with Gasteiger partial charge in [0.15, 0.2) is 9.84 Å². The van der Waals surface area contributed by atoms with Crippen LogP contribution in [0.4, 0.5) is 17.1 Å². The van der Waals surface area contributed by atoms with Crippen LogP contribution in [0.15, 0.2) is 18.2 Å². The van der Waals surface area contributed by atoms with E-state index in [4.69, 9.17) is 0 Å². The summed E-state index contributed by atoms with van der Waals surface area (Å²) < 4.78 is 23.2. The summed E-state index contributed by atoms with van der Waals surface area (Å²) in [5.74, 6) is 0.298. The van der Waals surface area contributed by atoms with Crippen molar-refractivity contribution in [2.24, 2.45) is 0 Å². The molecular weight excluding hydrogens is 282 g/mol. The molecule has 0 saturated carbocycles. The summed E-state index contributed by atoms with van der Waals surface area (Å²) in [7, 11) is -1.33. The summed E-state index contributed by atoms with van der Waals surface area (Å²) in [5, 5.41) is 16.8. The molecule has 0 aromatic heterocycles. The van der Waals surface area contributed by atoms with Crippen molar-refractivity contribution in [3.8, 4) is 0 Å². The summed E-state index contributed by atoms with van der Waals surface area (Å²) in [6.07, 6.45) is 1.37. The number of rotatable bonds is 4. The Morgan fingerprint density at radius 3 is 2.60 bits per heavy atom. The number of non-ortho nitro benzene ring substituents is 1. The number of nitrogens with one attached hydrogen (secondary N) is 2. The van der Waals surface area contributed by atoms with E-state index >= 15 is 0 Å². The zero-order valence-corrected chi connectivity index (χ0v) is 11.9. The number of sulfone groups is 1. The van der Waals surface area contributed by atoms with Gasteiger partial charge < -0.3 is 10.6 Å². The molecule has 0 spiro atoms. The zero-order chi connectivity index (χ0) is 14.8. The molecule has 1 heterocycles. The van der Waals surface area contributed by atoms with Crippen LogP contribution in [0.5, 0.6) is 0 Å². The first-order valence-electron chi connectivity index (χ1n) is 6.34. The molecule has 2 rings (SSSR count). The van der Waals surface area contributed by atoms with Gasteiger partial charge >= 0.3 is 0 Å². The van der Waals surface area contributed by atoms with Gasteiger partial charge in [-0.2, -0.15) is 0 Å². The van der Waals surface area contributed by atoms with Crippen molar-refractivity contribution < 1.29 is 13.3 Å². The number of nitrogens with zero attached hydrogens (tertiary/aromatic N) is 1. The van der Waals surface area contributed by atoms with Crippen LogP contribution < -0.4 is 10.6 Å². The lowest BCUT2D eigenvalue weighted by molar-refractivity contribution is -0.384. The van der Waals surface area contributed by atoms with E-state index < -0.39 is 14.8 Å². The van der Waals surface area contributed by atoms with Crippen molar-refractivity contribution in [3.05, 3.63) is 28.3 Å². The minimum absolute atomic E-state index is 0.0296. The SMILES string of the molecule is CNc1cc(NC2CCCS(=O)(=O)C2)cc([N+](=O)[O-])c1. The number of nitro benzene ring substituents is 1. The van der Waals surface area contributed by atoms with Gasteiger partial charge in [0.1, 0.15) is 0 Å². The second kappa shape index (κ2) is 5.66. The summed E-state index contributed by atoms with van der Waals surface area (Å²) in [6.45, 7) is 0. The number of benzene rings is 1. The lowest BCUT2D eigenvalue weighted by Crippen LogP contribution is -2.34. The fourth-order valence-electron chi connectivity index (χ4n) is 2.32. The van der Waals surface area contributed by atoms with Gasteiger partial charge in [-0.05, 0) is 18.9 Å². The van der Waals surface area contributed by atoms with Crippen LogP contribution >= 0.6 is 0 Å². The summed E-state index contributed by atoms with van der Waals surface area (Å²) >= 11 is 0. The molecule has 1 unspecified atom stereocenters. The Hall–Kier alpha value is -1.83. The van der Waals surface area contributed by atoms with E-state index in [-0.39, 0.29) is 23.2 Å². The van der Waals surface area contributed by atoms with Crippen LogP contribution in [-0.2, 0) is 9.84 Å². The average molecular weight is 299 g/mol. The highest BCUT2D eigenvalue weighted by Crippen LogP contribution is 2.26. The number of hydrogen-bond donors (Lipinski definition) is 2. The second-order valence-electron chi connectivity index (χ2n) is 4.87. The third-order valence-corrected chi connectivity index (χ3v) is 5.07. The van der Waals surface area contributed by atoms with E-state index in [9.17, 15) is 18.5 Å². The fourth-order valence-corrected chi connectivity index (χ4v) is 3.95. The van der Waals surface area contributed by atoms with Gasteiger partial charge in [0.2, 0.25) is 0 Å². The standard InChI is InChI=1S/C12H17N3O4S/c1-13-10-5-11(7-12(6-10)15(16)17)14-9-3-2-4-20(18,19)8-9/h5-7,9,13-14H,2-4,8H2,1H3. The van der Waals surface area contributed by atoms with Crippen molar-refractivity contribution in [2.45, 2.75) is 18.9 Å². The molecule has 0 radical (unpaired) electrons. The minimum atomic E-state index is -3.01. The molecule has 1 aromatic rings. The third kappa shape index (κ3) is 3.60. The molecular formula is C12H17N3O4S. The maximum absolute atomic E-state index is 11.6. The van der Waals surface area contributed by atoms with E-state index in [1.54, 1.807) is 13.1 Å². The highest BCUT2D eigenvalue weighted by molar-refractivity contribution is 7.91. The van der Waals surface area contributed by atoms with Crippen molar-refractivity contribution in [2.75, 3.05) is 29.2 Å². The van der Waals surface area contributed by atoms with E-state index in [2.05, 4.69) is 10.6 Å². The van der Waals surface area contributed by atoms with E-state index in [1.165, 1.54) is 12.1 Å². The highest BCUT2D eigenvalue weighted by atomic mass is 32.2. The van der Waals surface area contributed by atoms with Gasteiger partial charge in [0.05, 0.1) is 16.4 Å². The normalized spacial score (nSPS) is 21.1. The Bertz CT molecular complexity index is 615. The van der Waals surface area contributed by atoms with Crippen LogP contribution in [-0.4, -0.2) is 37.9 Å². The van der Waals surface area contributed by atoms with Crippen LogP contribution in [0.2, 0.25) is 0 Å². The molecule has 1 aromatic carbocycles. The molecule has 8 heteroatoms. The monoisotopic (exact) mass is 299 g/mol. The smallest absolute Gasteiger partial charge is 0.273 e. The predicted octanol–water partition coefficient (Wildman–Crippen LogP) is 1.63. The van der Waals surface area contributed by atoms with Crippen LogP contribution in [0, 0.1) is 10.1 Å². The van der Waals surface area contributed by atoms with E-state index in [0.717, 1.165) is 6.42 Å². The Morgan fingerprint density at radius 1 is 1.30 bits per heavy atom. The topological polar surface area (TPSA) is 101 Å². The third-order valence-electron chi connectivity index (χ3n) is 3.25. The molecule has 0 aliphatic carbocycles. The first kappa shape index (κ1) is 14.6. The molecule has 7 nitrogen and oxygen atoms in total. The van der Waals surface area contributed by atoms with Crippen molar-refractivity contribution in [3.63, 3.8) is 0 Å². The lowest BCUT2D eigenvalue weighted by Gasteiger charge is -2.24. The Labute approximate surface area is 117 Å². The number of nitro groups is 1. The zero-order valence-electron chi connectivity index (χ0n) is 11.1. The molecule has 0 amide bonds. The second-order valence-corrected chi connectivity index (χ2v) is 7.10. The summed E-state index contributed by atoms with van der Waals surface area (Å²) in [6, 6.07) is 4.39. The van der Waals surface area contributed by atoms with Crippen molar-refractivity contribution in [1.82, 2.24) is 0 Å². The van der Waals surface area contributed by atoms with Crippen LogP contribution in [0.1, 0.15) is 12.8 Å². The molecule has 2 N–H and O–H groups in total. The minimum Gasteiger partial charge on any atom is -0.388 e. The fraction of sp³-hybridized carbons (Fsp3) is 0.500. The number of hydrogen-bond acceptors (Lipinski definition) is 6. The van der Waals surface area contributed by atoms with E-state index in [0.29, 0.717) is 17.8 Å². The maximum Gasteiger partial charge on any atom is 0.273 e. The largest absolute Gasteiger partial charge is 0.388 e. The predicted molar refractivity (Wildman–Crippen MR) is 77.9 cm³/mol. The highest BCUT2D eigenvalue weighted by Gasteiger charge is 2.25. The molecule has 110 valence electrons.